The van der Waals surface area contributed by atoms with E-state index in [2.05, 4.69) is 20.6 Å². The van der Waals surface area contributed by atoms with Crippen LogP contribution in [0.3, 0.4) is 0 Å². The Morgan fingerprint density at radius 1 is 1.09 bits per heavy atom. The fraction of sp³-hybridized carbons (Fsp3) is 0.538. The molecule has 1 saturated heterocycles. The van der Waals surface area contributed by atoms with Gasteiger partial charge in [0.15, 0.2) is 5.69 Å². The van der Waals surface area contributed by atoms with E-state index in [1.165, 1.54) is 34.9 Å². The highest BCUT2D eigenvalue weighted by atomic mass is 16.2. The summed E-state index contributed by atoms with van der Waals surface area (Å²) in [4.78, 5) is 42.8. The first-order valence-corrected chi connectivity index (χ1v) is 12.5. The maximum Gasteiger partial charge on any atom is 0.272 e. The van der Waals surface area contributed by atoms with Crippen LogP contribution in [0.15, 0.2) is 30.3 Å². The minimum absolute atomic E-state index is 0.173. The van der Waals surface area contributed by atoms with Crippen LogP contribution in [-0.4, -0.2) is 76.1 Å². The molecule has 1 fully saturated rings. The number of carbonyl (C=O) groups is 3. The van der Waals surface area contributed by atoms with Crippen LogP contribution in [0.4, 0.5) is 0 Å². The van der Waals surface area contributed by atoms with Gasteiger partial charge in [0.1, 0.15) is 11.2 Å². The predicted octanol–water partition coefficient (Wildman–Crippen LogP) is 1.96. The predicted molar refractivity (Wildman–Crippen MR) is 133 cm³/mol. The molecular formula is C26H36N6O3. The van der Waals surface area contributed by atoms with E-state index in [-0.39, 0.29) is 30.0 Å². The van der Waals surface area contributed by atoms with E-state index in [4.69, 9.17) is 0 Å². The van der Waals surface area contributed by atoms with Crippen LogP contribution < -0.4 is 10.6 Å². The summed E-state index contributed by atoms with van der Waals surface area (Å²) in [5.74, 6) is -0.897. The number of amides is 3. The van der Waals surface area contributed by atoms with E-state index in [1.807, 2.05) is 31.2 Å². The standard InChI is InChI=1S/C26H36N6O3/c1-19-8-10-20(11-9-19)17-28-25(35)26(2)18-32-22(24(34)30(26)3)16-21(29-32)23(33)27-12-7-15-31-13-5-4-6-14-31/h8-11,16H,4-7,12-15,17-18H2,1-3H3,(H,27,33)(H,28,35)/t26-/m1/s1. The number of likely N-dealkylation sites (N-methyl/N-ethyl adjacent to an activating group) is 1. The summed E-state index contributed by atoms with van der Waals surface area (Å²) >= 11 is 0. The second-order valence-electron chi connectivity index (χ2n) is 9.89. The lowest BCUT2D eigenvalue weighted by Crippen LogP contribution is -2.62. The molecular weight excluding hydrogens is 444 g/mol. The number of hydrogen-bond acceptors (Lipinski definition) is 5. The van der Waals surface area contributed by atoms with Gasteiger partial charge in [0, 0.05) is 26.2 Å². The van der Waals surface area contributed by atoms with Gasteiger partial charge < -0.3 is 20.4 Å². The molecule has 0 unspecified atom stereocenters. The topological polar surface area (TPSA) is 99.6 Å². The van der Waals surface area contributed by atoms with Gasteiger partial charge >= 0.3 is 0 Å². The van der Waals surface area contributed by atoms with Crippen molar-refractivity contribution in [1.82, 2.24) is 30.2 Å². The first-order chi connectivity index (χ1) is 16.8. The van der Waals surface area contributed by atoms with Crippen LogP contribution >= 0.6 is 0 Å². The van der Waals surface area contributed by atoms with E-state index in [1.54, 1.807) is 14.0 Å². The number of nitrogens with one attached hydrogen (secondary N) is 2. The first kappa shape index (κ1) is 24.9. The molecule has 3 heterocycles. The van der Waals surface area contributed by atoms with Crippen molar-refractivity contribution in [2.75, 3.05) is 33.2 Å². The third-order valence-corrected chi connectivity index (χ3v) is 7.18. The molecule has 9 heteroatoms. The van der Waals surface area contributed by atoms with Crippen molar-refractivity contribution in [3.8, 4) is 0 Å². The third-order valence-electron chi connectivity index (χ3n) is 7.18. The molecule has 3 amide bonds. The molecule has 35 heavy (non-hydrogen) atoms. The summed E-state index contributed by atoms with van der Waals surface area (Å²) in [6.07, 6.45) is 4.68. The highest BCUT2D eigenvalue weighted by molar-refractivity contribution is 6.01. The summed E-state index contributed by atoms with van der Waals surface area (Å²) in [6.45, 7) is 8.08. The Bertz CT molecular complexity index is 1070. The van der Waals surface area contributed by atoms with Crippen LogP contribution in [0.25, 0.3) is 0 Å². The molecule has 2 aromatic rings. The number of aromatic nitrogens is 2. The zero-order valence-electron chi connectivity index (χ0n) is 21.0. The lowest BCUT2D eigenvalue weighted by molar-refractivity contribution is -0.132. The van der Waals surface area contributed by atoms with Gasteiger partial charge in [0.2, 0.25) is 5.91 Å². The number of piperidine rings is 1. The number of aryl methyl sites for hydroxylation is 1. The van der Waals surface area contributed by atoms with Crippen molar-refractivity contribution < 1.29 is 14.4 Å². The number of fused-ring (bicyclic) bond motifs is 1. The Kier molecular flexibility index (Phi) is 7.54. The average molecular weight is 481 g/mol. The molecule has 2 N–H and O–H groups in total. The molecule has 0 spiro atoms. The Morgan fingerprint density at radius 2 is 1.80 bits per heavy atom. The van der Waals surface area contributed by atoms with Crippen LogP contribution in [0.1, 0.15) is 64.7 Å². The normalized spacial score (nSPS) is 20.4. The van der Waals surface area contributed by atoms with Gasteiger partial charge in [-0.05, 0) is 58.3 Å². The number of hydrogen-bond donors (Lipinski definition) is 2. The van der Waals surface area contributed by atoms with Crippen LogP contribution in [0.2, 0.25) is 0 Å². The van der Waals surface area contributed by atoms with Crippen molar-refractivity contribution >= 4 is 17.7 Å². The first-order valence-electron chi connectivity index (χ1n) is 12.5. The van der Waals surface area contributed by atoms with Crippen molar-refractivity contribution in [1.29, 1.82) is 0 Å². The van der Waals surface area contributed by atoms with Gasteiger partial charge in [-0.25, -0.2) is 0 Å². The zero-order chi connectivity index (χ0) is 25.0. The van der Waals surface area contributed by atoms with Gasteiger partial charge in [-0.3, -0.25) is 19.1 Å². The molecule has 0 bridgehead atoms. The molecule has 4 rings (SSSR count). The number of likely N-dealkylation sites (tertiary alicyclic amines) is 1. The van der Waals surface area contributed by atoms with Gasteiger partial charge in [-0.1, -0.05) is 36.2 Å². The van der Waals surface area contributed by atoms with Gasteiger partial charge in [0.05, 0.1) is 6.54 Å². The molecule has 0 saturated carbocycles. The third kappa shape index (κ3) is 5.56. The minimum Gasteiger partial charge on any atom is -0.351 e. The maximum atomic E-state index is 13.1. The van der Waals surface area contributed by atoms with Crippen molar-refractivity contribution in [3.63, 3.8) is 0 Å². The Morgan fingerprint density at radius 3 is 2.51 bits per heavy atom. The van der Waals surface area contributed by atoms with E-state index in [9.17, 15) is 14.4 Å². The Hall–Kier alpha value is -3.20. The monoisotopic (exact) mass is 480 g/mol. The molecule has 1 aromatic carbocycles. The van der Waals surface area contributed by atoms with E-state index in [0.29, 0.717) is 18.8 Å². The summed E-state index contributed by atoms with van der Waals surface area (Å²) in [5, 5.41) is 10.2. The second kappa shape index (κ2) is 10.6. The highest BCUT2D eigenvalue weighted by Gasteiger charge is 2.46. The van der Waals surface area contributed by atoms with Crippen molar-refractivity contribution in [2.24, 2.45) is 0 Å². The van der Waals surface area contributed by atoms with Crippen LogP contribution in [0, 0.1) is 6.92 Å². The number of benzene rings is 1. The molecule has 0 radical (unpaired) electrons. The SMILES string of the molecule is Cc1ccc(CNC(=O)[C@@]2(C)Cn3nc(C(=O)NCCCN4CCCCC4)cc3C(=O)N2C)cc1. The number of nitrogens with zero attached hydrogens (tertiary/aromatic N) is 4. The van der Waals surface area contributed by atoms with E-state index >= 15 is 0 Å². The van der Waals surface area contributed by atoms with Crippen LogP contribution in [-0.2, 0) is 17.9 Å². The second-order valence-corrected chi connectivity index (χ2v) is 9.89. The summed E-state index contributed by atoms with van der Waals surface area (Å²) in [7, 11) is 1.62. The molecule has 0 aliphatic carbocycles. The Balaban J connectivity index is 1.36. The summed E-state index contributed by atoms with van der Waals surface area (Å²) in [6, 6.07) is 9.45. The van der Waals surface area contributed by atoms with Gasteiger partial charge in [-0.15, -0.1) is 0 Å². The lowest BCUT2D eigenvalue weighted by atomic mass is 9.95. The largest absolute Gasteiger partial charge is 0.351 e. The zero-order valence-corrected chi connectivity index (χ0v) is 21.0. The smallest absolute Gasteiger partial charge is 0.272 e. The number of rotatable bonds is 8. The number of carbonyl (C=O) groups excluding carboxylic acids is 3. The van der Waals surface area contributed by atoms with Crippen molar-refractivity contribution in [2.45, 2.75) is 58.2 Å². The molecule has 2 aliphatic rings. The fourth-order valence-corrected chi connectivity index (χ4v) is 4.70. The highest BCUT2D eigenvalue weighted by Crippen LogP contribution is 2.26. The summed E-state index contributed by atoms with van der Waals surface area (Å²) < 4.78 is 1.48. The molecule has 2 aliphatic heterocycles. The molecule has 1 atom stereocenters. The molecule has 188 valence electrons. The molecule has 1 aromatic heterocycles. The van der Waals surface area contributed by atoms with Crippen LogP contribution in [0.5, 0.6) is 0 Å². The maximum absolute atomic E-state index is 13.1. The fourth-order valence-electron chi connectivity index (χ4n) is 4.70. The molecule has 9 nitrogen and oxygen atoms in total. The van der Waals surface area contributed by atoms with E-state index in [0.717, 1.165) is 37.2 Å². The van der Waals surface area contributed by atoms with Gasteiger partial charge in [0.25, 0.3) is 11.8 Å². The minimum atomic E-state index is -1.12. The lowest BCUT2D eigenvalue weighted by Gasteiger charge is -2.40. The average Bonchev–Trinajstić information content (AvgIpc) is 3.29. The quantitative estimate of drug-likeness (QED) is 0.563. The van der Waals surface area contributed by atoms with E-state index < -0.39 is 5.54 Å². The van der Waals surface area contributed by atoms with Gasteiger partial charge in [-0.2, -0.15) is 5.10 Å². The van der Waals surface area contributed by atoms with Crippen molar-refractivity contribution in [3.05, 3.63) is 52.8 Å². The Labute approximate surface area is 206 Å². The summed E-state index contributed by atoms with van der Waals surface area (Å²) in [5.41, 5.74) is 1.52.